The van der Waals surface area contributed by atoms with Gasteiger partial charge < -0.3 is 21.7 Å². The van der Waals surface area contributed by atoms with Gasteiger partial charge in [0.25, 0.3) is 5.91 Å². The molecule has 1 unspecified atom stereocenters. The number of thiazole rings is 1. The Morgan fingerprint density at radius 2 is 2.40 bits per heavy atom. The highest BCUT2D eigenvalue weighted by molar-refractivity contribution is 7.18. The van der Waals surface area contributed by atoms with Gasteiger partial charge in [-0.3, -0.25) is 9.59 Å². The summed E-state index contributed by atoms with van der Waals surface area (Å²) in [6.07, 6.45) is 2.06. The van der Waals surface area contributed by atoms with Crippen molar-refractivity contribution in [3.8, 4) is 0 Å². The zero-order valence-electron chi connectivity index (χ0n) is 11.4. The molecule has 0 bridgehead atoms. The first-order valence-corrected chi connectivity index (χ1v) is 7.49. The van der Waals surface area contributed by atoms with Crippen LogP contribution >= 0.6 is 11.3 Å². The highest BCUT2D eigenvalue weighted by Gasteiger charge is 2.23. The normalized spacial score (nSPS) is 18.4. The average molecular weight is 297 g/mol. The summed E-state index contributed by atoms with van der Waals surface area (Å²) in [7, 11) is 0. The molecule has 7 nitrogen and oxygen atoms in total. The maximum Gasteiger partial charge on any atom is 0.265 e. The lowest BCUT2D eigenvalue weighted by atomic mass is 10.1. The summed E-state index contributed by atoms with van der Waals surface area (Å²) in [5, 5.41) is 9.37. The number of anilines is 2. The number of amides is 2. The van der Waals surface area contributed by atoms with Crippen LogP contribution in [0.2, 0.25) is 0 Å². The largest absolute Gasteiger partial charge is 0.382 e. The van der Waals surface area contributed by atoms with Crippen LogP contribution in [0.1, 0.15) is 35.9 Å². The Balaban J connectivity index is 1.94. The zero-order chi connectivity index (χ0) is 14.5. The number of hydrogen-bond donors (Lipinski definition) is 4. The highest BCUT2D eigenvalue weighted by Crippen LogP contribution is 2.25. The fraction of sp³-hybridized carbons (Fsp3) is 0.583. The first kappa shape index (κ1) is 14.6. The summed E-state index contributed by atoms with van der Waals surface area (Å²) < 4.78 is 0. The number of rotatable bonds is 5. The van der Waals surface area contributed by atoms with Gasteiger partial charge in [-0.05, 0) is 12.8 Å². The second kappa shape index (κ2) is 6.56. The van der Waals surface area contributed by atoms with Crippen LogP contribution in [0.5, 0.6) is 0 Å². The van der Waals surface area contributed by atoms with E-state index in [1.165, 1.54) is 11.3 Å². The van der Waals surface area contributed by atoms with Crippen LogP contribution < -0.4 is 21.7 Å². The van der Waals surface area contributed by atoms with E-state index in [-0.39, 0.29) is 23.7 Å². The molecule has 0 saturated carbocycles. The molecule has 1 saturated heterocycles. The maximum absolute atomic E-state index is 12.1. The van der Waals surface area contributed by atoms with Crippen LogP contribution in [0.4, 0.5) is 10.9 Å². The van der Waals surface area contributed by atoms with Crippen LogP contribution in [0.15, 0.2) is 0 Å². The molecule has 0 radical (unpaired) electrons. The number of aromatic nitrogens is 1. The lowest BCUT2D eigenvalue weighted by molar-refractivity contribution is -0.122. The van der Waals surface area contributed by atoms with E-state index in [4.69, 9.17) is 5.73 Å². The number of hydrogen-bond acceptors (Lipinski definition) is 6. The molecule has 1 fully saturated rings. The first-order chi connectivity index (χ1) is 9.60. The lowest BCUT2D eigenvalue weighted by Crippen LogP contribution is -2.47. The minimum atomic E-state index is -0.231. The minimum Gasteiger partial charge on any atom is -0.382 e. The van der Waals surface area contributed by atoms with Gasteiger partial charge in [0.1, 0.15) is 10.7 Å². The van der Waals surface area contributed by atoms with Crippen molar-refractivity contribution in [3.05, 3.63) is 4.88 Å². The fourth-order valence-electron chi connectivity index (χ4n) is 1.91. The van der Waals surface area contributed by atoms with Crippen molar-refractivity contribution in [1.29, 1.82) is 0 Å². The smallest absolute Gasteiger partial charge is 0.265 e. The summed E-state index contributed by atoms with van der Waals surface area (Å²) in [4.78, 5) is 27.7. The van der Waals surface area contributed by atoms with Gasteiger partial charge >= 0.3 is 0 Å². The van der Waals surface area contributed by atoms with Gasteiger partial charge in [-0.1, -0.05) is 18.3 Å². The number of carbonyl (C=O) groups is 2. The van der Waals surface area contributed by atoms with Crippen LogP contribution in [0, 0.1) is 0 Å². The van der Waals surface area contributed by atoms with Crippen LogP contribution in [-0.4, -0.2) is 35.9 Å². The van der Waals surface area contributed by atoms with Crippen LogP contribution in [0.3, 0.4) is 0 Å². The number of nitrogens with one attached hydrogen (secondary N) is 3. The van der Waals surface area contributed by atoms with Gasteiger partial charge in [0, 0.05) is 25.6 Å². The molecule has 2 heterocycles. The molecule has 1 aromatic rings. The van der Waals surface area contributed by atoms with E-state index in [0.717, 1.165) is 13.0 Å². The van der Waals surface area contributed by atoms with Gasteiger partial charge in [0.05, 0.1) is 0 Å². The number of nitrogens with two attached hydrogens (primary N) is 1. The molecule has 5 N–H and O–H groups in total. The Kier molecular flexibility index (Phi) is 4.78. The summed E-state index contributed by atoms with van der Waals surface area (Å²) in [5.74, 6) is 0.0375. The van der Waals surface area contributed by atoms with Crippen molar-refractivity contribution in [2.24, 2.45) is 0 Å². The van der Waals surface area contributed by atoms with E-state index in [1.54, 1.807) is 0 Å². The molecule has 1 aromatic heterocycles. The van der Waals surface area contributed by atoms with Crippen molar-refractivity contribution in [1.82, 2.24) is 15.6 Å². The Bertz CT molecular complexity index is 492. The van der Waals surface area contributed by atoms with E-state index in [2.05, 4.69) is 27.9 Å². The van der Waals surface area contributed by atoms with E-state index >= 15 is 0 Å². The molecule has 2 amide bonds. The number of piperidine rings is 1. The third-order valence-electron chi connectivity index (χ3n) is 2.99. The van der Waals surface area contributed by atoms with E-state index in [0.29, 0.717) is 29.4 Å². The molecule has 8 heteroatoms. The molecule has 1 aliphatic rings. The van der Waals surface area contributed by atoms with E-state index in [1.807, 2.05) is 0 Å². The molecule has 0 spiro atoms. The van der Waals surface area contributed by atoms with Crippen LogP contribution in [-0.2, 0) is 4.79 Å². The Labute approximate surface area is 121 Å². The minimum absolute atomic E-state index is 0.0267. The topological polar surface area (TPSA) is 109 Å². The number of nitrogens with zero attached hydrogens (tertiary/aromatic N) is 1. The van der Waals surface area contributed by atoms with Crippen molar-refractivity contribution >= 4 is 34.1 Å². The molecule has 0 aliphatic carbocycles. The zero-order valence-corrected chi connectivity index (χ0v) is 12.2. The molecule has 2 rings (SSSR count). The SMILES string of the molecule is CCCNc1nc(N)c(C(=O)NC2CCC(=O)NC2)s1. The van der Waals surface area contributed by atoms with Crippen molar-refractivity contribution in [3.63, 3.8) is 0 Å². The maximum atomic E-state index is 12.1. The van der Waals surface area contributed by atoms with E-state index in [9.17, 15) is 9.59 Å². The van der Waals surface area contributed by atoms with Crippen molar-refractivity contribution in [2.45, 2.75) is 32.2 Å². The summed E-state index contributed by atoms with van der Waals surface area (Å²) in [6, 6.07) is -0.0475. The van der Waals surface area contributed by atoms with Gasteiger partial charge in [-0.25, -0.2) is 4.98 Å². The number of nitrogen functional groups attached to an aromatic ring is 1. The third kappa shape index (κ3) is 3.60. The monoisotopic (exact) mass is 297 g/mol. The predicted molar refractivity (Wildman–Crippen MR) is 78.8 cm³/mol. The van der Waals surface area contributed by atoms with Crippen molar-refractivity contribution < 1.29 is 9.59 Å². The van der Waals surface area contributed by atoms with Crippen molar-refractivity contribution in [2.75, 3.05) is 24.1 Å². The molecule has 1 aliphatic heterocycles. The summed E-state index contributed by atoms with van der Waals surface area (Å²) in [5.41, 5.74) is 5.77. The summed E-state index contributed by atoms with van der Waals surface area (Å²) >= 11 is 1.25. The summed E-state index contributed by atoms with van der Waals surface area (Å²) in [6.45, 7) is 3.31. The fourth-order valence-corrected chi connectivity index (χ4v) is 2.72. The van der Waals surface area contributed by atoms with Gasteiger partial charge in [0.15, 0.2) is 5.13 Å². The molecule has 20 heavy (non-hydrogen) atoms. The lowest BCUT2D eigenvalue weighted by Gasteiger charge is -2.23. The van der Waals surface area contributed by atoms with Gasteiger partial charge in [-0.15, -0.1) is 0 Å². The highest BCUT2D eigenvalue weighted by atomic mass is 32.1. The Morgan fingerprint density at radius 3 is 3.05 bits per heavy atom. The third-order valence-corrected chi connectivity index (χ3v) is 4.01. The predicted octanol–water partition coefficient (Wildman–Crippen LogP) is 0.556. The standard InChI is InChI=1S/C12H19N5O2S/c1-2-5-14-12-17-10(13)9(20-12)11(19)16-7-3-4-8(18)15-6-7/h7H,2-6,13H2,1H3,(H,14,17)(H,15,18)(H,16,19). The second-order valence-electron chi connectivity index (χ2n) is 4.67. The van der Waals surface area contributed by atoms with Gasteiger partial charge in [-0.2, -0.15) is 0 Å². The molecular weight excluding hydrogens is 278 g/mol. The second-order valence-corrected chi connectivity index (χ2v) is 5.67. The molecule has 0 aromatic carbocycles. The Hall–Kier alpha value is -1.83. The molecule has 110 valence electrons. The molecule has 1 atom stereocenters. The quantitative estimate of drug-likeness (QED) is 0.635. The van der Waals surface area contributed by atoms with Crippen LogP contribution in [0.25, 0.3) is 0 Å². The Morgan fingerprint density at radius 1 is 1.60 bits per heavy atom. The molecular formula is C12H19N5O2S. The average Bonchev–Trinajstić information content (AvgIpc) is 2.80. The number of carbonyl (C=O) groups excluding carboxylic acids is 2. The van der Waals surface area contributed by atoms with E-state index < -0.39 is 0 Å². The first-order valence-electron chi connectivity index (χ1n) is 6.68. The van der Waals surface area contributed by atoms with Gasteiger partial charge in [0.2, 0.25) is 5.91 Å².